The Balaban J connectivity index is 1.67. The molecule has 0 aromatic heterocycles. The fourth-order valence-corrected chi connectivity index (χ4v) is 3.24. The predicted octanol–water partition coefficient (Wildman–Crippen LogP) is 1.03. The van der Waals surface area contributed by atoms with Crippen LogP contribution in [0.1, 0.15) is 24.8 Å². The molecule has 3 rings (SSSR count). The fraction of sp³-hybridized carbons (Fsp3) is 0.500. The highest BCUT2D eigenvalue weighted by molar-refractivity contribution is 5.95. The van der Waals surface area contributed by atoms with E-state index in [2.05, 4.69) is 0 Å². The number of piperidine rings is 1. The zero-order valence-corrected chi connectivity index (χ0v) is 12.1. The van der Waals surface area contributed by atoms with Gasteiger partial charge in [-0.3, -0.25) is 9.59 Å². The molecular weight excluding hydrogens is 266 g/mol. The van der Waals surface area contributed by atoms with Gasteiger partial charge in [-0.15, -0.1) is 0 Å². The van der Waals surface area contributed by atoms with Gasteiger partial charge in [-0.1, -0.05) is 18.2 Å². The lowest BCUT2D eigenvalue weighted by Gasteiger charge is -2.42. The molecule has 5 nitrogen and oxygen atoms in total. The summed E-state index contributed by atoms with van der Waals surface area (Å²) in [5, 5.41) is 0. The monoisotopic (exact) mass is 287 g/mol. The maximum atomic E-state index is 12.5. The van der Waals surface area contributed by atoms with Gasteiger partial charge in [-0.2, -0.15) is 0 Å². The second-order valence-electron chi connectivity index (χ2n) is 5.81. The van der Waals surface area contributed by atoms with E-state index in [9.17, 15) is 9.59 Å². The van der Waals surface area contributed by atoms with Crippen LogP contribution in [0.4, 0.5) is 5.69 Å². The van der Waals surface area contributed by atoms with Gasteiger partial charge in [0.15, 0.2) is 0 Å². The Morgan fingerprint density at radius 2 is 2.00 bits per heavy atom. The number of amides is 2. The minimum absolute atomic E-state index is 0.0836. The molecule has 0 saturated carbocycles. The van der Waals surface area contributed by atoms with E-state index in [0.29, 0.717) is 13.0 Å². The maximum Gasteiger partial charge on any atom is 0.245 e. The summed E-state index contributed by atoms with van der Waals surface area (Å²) < 4.78 is 0. The molecule has 21 heavy (non-hydrogen) atoms. The number of hydrogen-bond acceptors (Lipinski definition) is 3. The predicted molar refractivity (Wildman–Crippen MR) is 80.5 cm³/mol. The van der Waals surface area contributed by atoms with Crippen molar-refractivity contribution in [2.24, 2.45) is 0 Å². The van der Waals surface area contributed by atoms with E-state index in [1.165, 1.54) is 0 Å². The maximum absolute atomic E-state index is 12.5. The SMILES string of the molecule is Nc1ccccc1CCN1CC(=O)N2CCCCC2C1=O. The van der Waals surface area contributed by atoms with E-state index < -0.39 is 0 Å². The quantitative estimate of drug-likeness (QED) is 0.845. The number of para-hydroxylation sites is 1. The molecule has 1 atom stereocenters. The van der Waals surface area contributed by atoms with E-state index in [4.69, 9.17) is 5.73 Å². The normalized spacial score (nSPS) is 22.4. The van der Waals surface area contributed by atoms with Gasteiger partial charge in [0.1, 0.15) is 6.04 Å². The van der Waals surface area contributed by atoms with E-state index in [1.807, 2.05) is 24.3 Å². The van der Waals surface area contributed by atoms with Crippen molar-refractivity contribution in [1.82, 2.24) is 9.80 Å². The van der Waals surface area contributed by atoms with Crippen molar-refractivity contribution < 1.29 is 9.59 Å². The Morgan fingerprint density at radius 1 is 1.19 bits per heavy atom. The Kier molecular flexibility index (Phi) is 3.82. The molecule has 1 aromatic carbocycles. The lowest BCUT2D eigenvalue weighted by atomic mass is 9.98. The summed E-state index contributed by atoms with van der Waals surface area (Å²) >= 11 is 0. The average Bonchev–Trinajstić information content (AvgIpc) is 2.51. The van der Waals surface area contributed by atoms with Gasteiger partial charge >= 0.3 is 0 Å². The molecule has 2 N–H and O–H groups in total. The lowest BCUT2D eigenvalue weighted by Crippen LogP contribution is -2.61. The summed E-state index contributed by atoms with van der Waals surface area (Å²) in [5.74, 6) is 0.184. The highest BCUT2D eigenvalue weighted by Gasteiger charge is 2.39. The van der Waals surface area contributed by atoms with Crippen molar-refractivity contribution in [2.45, 2.75) is 31.7 Å². The van der Waals surface area contributed by atoms with Crippen molar-refractivity contribution in [3.63, 3.8) is 0 Å². The molecule has 112 valence electrons. The third-order valence-corrected chi connectivity index (χ3v) is 4.45. The number of nitrogen functional groups attached to an aromatic ring is 1. The van der Waals surface area contributed by atoms with Gasteiger partial charge in [-0.05, 0) is 37.3 Å². The summed E-state index contributed by atoms with van der Waals surface area (Å²) in [6.45, 7) is 1.50. The number of benzene rings is 1. The first kappa shape index (κ1) is 13.9. The van der Waals surface area contributed by atoms with Crippen molar-refractivity contribution in [2.75, 3.05) is 25.4 Å². The molecule has 1 aromatic rings. The summed E-state index contributed by atoms with van der Waals surface area (Å²) in [5.41, 5.74) is 7.70. The third-order valence-electron chi connectivity index (χ3n) is 4.45. The zero-order chi connectivity index (χ0) is 14.8. The Labute approximate surface area is 124 Å². The molecule has 2 aliphatic rings. The smallest absolute Gasteiger partial charge is 0.245 e. The summed E-state index contributed by atoms with van der Waals surface area (Å²) in [6, 6.07) is 7.44. The van der Waals surface area contributed by atoms with Crippen LogP contribution in [-0.4, -0.2) is 47.3 Å². The highest BCUT2D eigenvalue weighted by Crippen LogP contribution is 2.23. The largest absolute Gasteiger partial charge is 0.399 e. The Morgan fingerprint density at radius 3 is 2.81 bits per heavy atom. The number of nitrogens with two attached hydrogens (primary N) is 1. The minimum Gasteiger partial charge on any atom is -0.399 e. The van der Waals surface area contributed by atoms with Gasteiger partial charge < -0.3 is 15.5 Å². The van der Waals surface area contributed by atoms with Crippen LogP contribution in [0.3, 0.4) is 0 Å². The second-order valence-corrected chi connectivity index (χ2v) is 5.81. The number of anilines is 1. The molecule has 2 fully saturated rings. The van der Waals surface area contributed by atoms with Gasteiger partial charge in [0.25, 0.3) is 0 Å². The summed E-state index contributed by atoms with van der Waals surface area (Å²) in [6.07, 6.45) is 3.53. The van der Waals surface area contributed by atoms with Crippen LogP contribution >= 0.6 is 0 Å². The molecule has 1 unspecified atom stereocenters. The van der Waals surface area contributed by atoms with Crippen molar-refractivity contribution in [1.29, 1.82) is 0 Å². The lowest BCUT2D eigenvalue weighted by molar-refractivity contribution is -0.157. The number of carbonyl (C=O) groups excluding carboxylic acids is 2. The topological polar surface area (TPSA) is 66.6 Å². The van der Waals surface area contributed by atoms with Gasteiger partial charge in [0.05, 0.1) is 6.54 Å². The molecule has 0 aliphatic carbocycles. The molecule has 2 heterocycles. The van der Waals surface area contributed by atoms with E-state index >= 15 is 0 Å². The van der Waals surface area contributed by atoms with E-state index in [0.717, 1.165) is 37.1 Å². The van der Waals surface area contributed by atoms with E-state index in [-0.39, 0.29) is 24.4 Å². The molecule has 2 saturated heterocycles. The molecule has 2 amide bonds. The second kappa shape index (κ2) is 5.76. The molecule has 5 heteroatoms. The van der Waals surface area contributed by atoms with Gasteiger partial charge in [-0.25, -0.2) is 0 Å². The number of fused-ring (bicyclic) bond motifs is 1. The first-order chi connectivity index (χ1) is 10.2. The molecule has 0 bridgehead atoms. The van der Waals surface area contributed by atoms with Crippen LogP contribution < -0.4 is 5.73 Å². The summed E-state index contributed by atoms with van der Waals surface area (Å²) in [4.78, 5) is 28.1. The average molecular weight is 287 g/mol. The molecular formula is C16H21N3O2. The first-order valence-corrected chi connectivity index (χ1v) is 7.58. The third kappa shape index (κ3) is 2.73. The van der Waals surface area contributed by atoms with Crippen molar-refractivity contribution in [3.8, 4) is 0 Å². The van der Waals surface area contributed by atoms with Crippen LogP contribution in [-0.2, 0) is 16.0 Å². The number of nitrogens with zero attached hydrogens (tertiary/aromatic N) is 2. The molecule has 0 spiro atoms. The van der Waals surface area contributed by atoms with Crippen LogP contribution in [0.25, 0.3) is 0 Å². The number of hydrogen-bond donors (Lipinski definition) is 1. The van der Waals surface area contributed by atoms with Gasteiger partial charge in [0.2, 0.25) is 11.8 Å². The number of rotatable bonds is 3. The Hall–Kier alpha value is -2.04. The van der Waals surface area contributed by atoms with Crippen molar-refractivity contribution in [3.05, 3.63) is 29.8 Å². The number of piperazine rings is 1. The fourth-order valence-electron chi connectivity index (χ4n) is 3.24. The highest BCUT2D eigenvalue weighted by atomic mass is 16.2. The van der Waals surface area contributed by atoms with Gasteiger partial charge in [0, 0.05) is 18.8 Å². The van der Waals surface area contributed by atoms with Crippen LogP contribution in [0.2, 0.25) is 0 Å². The minimum atomic E-state index is -0.229. The first-order valence-electron chi connectivity index (χ1n) is 7.58. The zero-order valence-electron chi connectivity index (χ0n) is 12.1. The van der Waals surface area contributed by atoms with Crippen LogP contribution in [0.5, 0.6) is 0 Å². The van der Waals surface area contributed by atoms with E-state index in [1.54, 1.807) is 9.80 Å². The number of carbonyl (C=O) groups is 2. The molecule has 2 aliphatic heterocycles. The van der Waals surface area contributed by atoms with Crippen LogP contribution in [0, 0.1) is 0 Å². The summed E-state index contributed by atoms with van der Waals surface area (Å²) in [7, 11) is 0. The Bertz CT molecular complexity index is 558. The van der Waals surface area contributed by atoms with Crippen LogP contribution in [0.15, 0.2) is 24.3 Å². The van der Waals surface area contributed by atoms with Crippen molar-refractivity contribution >= 4 is 17.5 Å². The standard InChI is InChI=1S/C16H21N3O2/c17-13-6-2-1-5-12(13)8-10-18-11-15(20)19-9-4-3-7-14(19)16(18)21/h1-2,5-6,14H,3-4,7-11,17H2. The molecule has 0 radical (unpaired) electrons.